The Morgan fingerprint density at radius 3 is 1.11 bits per heavy atom. The van der Waals surface area contributed by atoms with Crippen LogP contribution in [0.1, 0.15) is 348 Å². The van der Waals surface area contributed by atoms with Crippen LogP contribution in [0.15, 0.2) is 24.3 Å². The number of ether oxygens (including phenoxy) is 4. The molecule has 0 aromatic heterocycles. The fourth-order valence-electron chi connectivity index (χ4n) is 12.7. The van der Waals surface area contributed by atoms with Gasteiger partial charge in [0.2, 0.25) is 5.91 Å². The molecule has 2 fully saturated rings. The van der Waals surface area contributed by atoms with Gasteiger partial charge in [-0.1, -0.05) is 334 Å². The van der Waals surface area contributed by atoms with E-state index in [1.165, 1.54) is 283 Å². The van der Waals surface area contributed by atoms with E-state index in [2.05, 4.69) is 31.3 Å². The van der Waals surface area contributed by atoms with Crippen molar-refractivity contribution in [2.75, 3.05) is 19.8 Å². The molecule has 12 atom stereocenters. The molecule has 88 heavy (non-hydrogen) atoms. The van der Waals surface area contributed by atoms with Gasteiger partial charge in [0.05, 0.1) is 32.0 Å². The van der Waals surface area contributed by atoms with Crippen molar-refractivity contribution in [3.8, 4) is 0 Å². The Morgan fingerprint density at radius 1 is 0.398 bits per heavy atom. The molecule has 0 aromatic carbocycles. The van der Waals surface area contributed by atoms with Gasteiger partial charge >= 0.3 is 0 Å². The quantitative estimate of drug-likeness (QED) is 0.0204. The van der Waals surface area contributed by atoms with Crippen LogP contribution in [0.3, 0.4) is 0 Å². The molecule has 12 unspecified atom stereocenters. The summed E-state index contributed by atoms with van der Waals surface area (Å²) in [4.78, 5) is 13.3. The van der Waals surface area contributed by atoms with Gasteiger partial charge in [0.25, 0.3) is 0 Å². The van der Waals surface area contributed by atoms with Gasteiger partial charge in [-0.3, -0.25) is 4.79 Å². The Balaban J connectivity index is 1.66. The molecule has 2 saturated heterocycles. The summed E-state index contributed by atoms with van der Waals surface area (Å²) in [5.41, 5.74) is 0. The Morgan fingerprint density at radius 2 is 0.727 bits per heavy atom. The lowest BCUT2D eigenvalue weighted by molar-refractivity contribution is -0.359. The molecule has 0 aromatic rings. The number of aliphatic hydroxyl groups is 8. The zero-order valence-electron chi connectivity index (χ0n) is 56.7. The third-order valence-electron chi connectivity index (χ3n) is 18.6. The van der Waals surface area contributed by atoms with E-state index in [1.807, 2.05) is 6.08 Å². The molecule has 520 valence electrons. The van der Waals surface area contributed by atoms with Crippen LogP contribution in [0, 0.1) is 0 Å². The number of hydrogen-bond donors (Lipinski definition) is 9. The van der Waals surface area contributed by atoms with E-state index in [0.29, 0.717) is 12.8 Å². The highest BCUT2D eigenvalue weighted by Crippen LogP contribution is 2.30. The van der Waals surface area contributed by atoms with E-state index in [1.54, 1.807) is 6.08 Å². The summed E-state index contributed by atoms with van der Waals surface area (Å²) in [7, 11) is 0. The summed E-state index contributed by atoms with van der Waals surface area (Å²) in [6, 6.07) is -0.930. The predicted octanol–water partition coefficient (Wildman–Crippen LogP) is 15.9. The van der Waals surface area contributed by atoms with Crippen LogP contribution in [0.4, 0.5) is 0 Å². The van der Waals surface area contributed by atoms with Crippen molar-refractivity contribution in [3.63, 3.8) is 0 Å². The second-order valence-electron chi connectivity index (χ2n) is 26.8. The summed E-state index contributed by atoms with van der Waals surface area (Å²) in [6.07, 6.45) is 58.3. The minimum atomic E-state index is -1.79. The third kappa shape index (κ3) is 42.6. The highest BCUT2D eigenvalue weighted by molar-refractivity contribution is 5.76. The van der Waals surface area contributed by atoms with Gasteiger partial charge in [-0.05, 0) is 32.1 Å². The highest BCUT2D eigenvalue weighted by atomic mass is 16.7. The molecule has 0 saturated carbocycles. The van der Waals surface area contributed by atoms with Crippen LogP contribution in [0.2, 0.25) is 0 Å². The van der Waals surface area contributed by atoms with Gasteiger partial charge in [0.15, 0.2) is 12.6 Å². The fraction of sp³-hybridized carbons (Fsp3) is 0.932. The maximum absolute atomic E-state index is 13.3. The smallest absolute Gasteiger partial charge is 0.220 e. The summed E-state index contributed by atoms with van der Waals surface area (Å²) >= 11 is 0. The minimum Gasteiger partial charge on any atom is -0.394 e. The van der Waals surface area contributed by atoms with Crippen molar-refractivity contribution in [1.29, 1.82) is 0 Å². The second-order valence-corrected chi connectivity index (χ2v) is 26.8. The maximum atomic E-state index is 13.3. The van der Waals surface area contributed by atoms with Gasteiger partial charge in [0, 0.05) is 6.42 Å². The average Bonchev–Trinajstić information content (AvgIpc) is 2.91. The van der Waals surface area contributed by atoms with Crippen molar-refractivity contribution >= 4 is 5.91 Å². The Bertz CT molecular complexity index is 1570. The third-order valence-corrected chi connectivity index (χ3v) is 18.6. The molecule has 2 rings (SSSR count). The van der Waals surface area contributed by atoms with E-state index in [0.717, 1.165) is 32.1 Å². The zero-order valence-corrected chi connectivity index (χ0v) is 56.7. The lowest BCUT2D eigenvalue weighted by Crippen LogP contribution is -2.65. The molecule has 2 aliphatic heterocycles. The lowest BCUT2D eigenvalue weighted by Gasteiger charge is -2.46. The Labute approximate surface area is 539 Å². The van der Waals surface area contributed by atoms with Gasteiger partial charge in [0.1, 0.15) is 48.8 Å². The Hall–Kier alpha value is -1.53. The first-order chi connectivity index (χ1) is 43.1. The predicted molar refractivity (Wildman–Crippen MR) is 360 cm³/mol. The van der Waals surface area contributed by atoms with E-state index in [-0.39, 0.29) is 18.9 Å². The number of amides is 1. The summed E-state index contributed by atoms with van der Waals surface area (Å²) in [5, 5.41) is 87.5. The van der Waals surface area contributed by atoms with Crippen LogP contribution in [0.5, 0.6) is 0 Å². The average molecular weight is 1250 g/mol. The van der Waals surface area contributed by atoms with Crippen molar-refractivity contribution in [2.24, 2.45) is 0 Å². The van der Waals surface area contributed by atoms with Gasteiger partial charge in [-0.2, -0.15) is 0 Å². The van der Waals surface area contributed by atoms with Crippen LogP contribution in [0.25, 0.3) is 0 Å². The summed E-state index contributed by atoms with van der Waals surface area (Å²) in [5.74, 6) is -0.241. The maximum Gasteiger partial charge on any atom is 0.220 e. The van der Waals surface area contributed by atoms with Crippen molar-refractivity contribution in [1.82, 2.24) is 5.32 Å². The molecule has 2 aliphatic rings. The highest BCUT2D eigenvalue weighted by Gasteiger charge is 2.51. The first-order valence-electron chi connectivity index (χ1n) is 37.6. The van der Waals surface area contributed by atoms with Crippen molar-refractivity contribution in [2.45, 2.75) is 421 Å². The number of carbonyl (C=O) groups excluding carboxylic acids is 1. The number of rotatable bonds is 63. The lowest BCUT2D eigenvalue weighted by atomic mass is 9.97. The van der Waals surface area contributed by atoms with E-state index >= 15 is 0 Å². The molecule has 9 N–H and O–H groups in total. The van der Waals surface area contributed by atoms with E-state index < -0.39 is 86.8 Å². The number of hydrogen-bond acceptors (Lipinski definition) is 13. The first kappa shape index (κ1) is 82.6. The SMILES string of the molecule is CCCCCCCCCCCCCCCCCCCCCCCCCC/C=C/CC/C=C/C(O)C(COC1OC(CO)C(OC2OC(CO)C(O)C(O)C2O)C(O)C1O)NC(=O)CCCCCCCCCCCCCCCCCCCCCCCCCC. The molecule has 14 heteroatoms. The number of unbranched alkanes of at least 4 members (excludes halogenated alkanes) is 48. The normalized spacial score (nSPS) is 23.2. The van der Waals surface area contributed by atoms with Gasteiger partial charge in [-0.15, -0.1) is 0 Å². The van der Waals surface area contributed by atoms with E-state index in [4.69, 9.17) is 18.9 Å². The second kappa shape index (κ2) is 59.2. The summed E-state index contributed by atoms with van der Waals surface area (Å²) in [6.45, 7) is 2.85. The standard InChI is InChI=1S/C74H141NO13/c1-3-5-7-9-11-13-15-17-19-21-23-25-27-29-30-31-32-33-34-35-37-39-41-43-45-47-49-51-53-55-57-63(78)62(61-85-73-71(84)69(82)72(65(60-77)87-73)88-74-70(83)68(81)67(80)64(59-76)86-74)75-66(79)58-56-54-52-50-48-46-44-42-40-38-36-28-26-24-22-20-18-16-14-12-10-8-6-4-2/h47,49,55,57,62-65,67-74,76-78,80-84H,3-46,48,50-54,56,58-61H2,1-2H3,(H,75,79)/b49-47+,57-55+. The topological polar surface area (TPSA) is 228 Å². The molecule has 14 nitrogen and oxygen atoms in total. The molecule has 1 amide bonds. The van der Waals surface area contributed by atoms with Crippen molar-refractivity contribution < 1.29 is 64.6 Å². The summed E-state index contributed by atoms with van der Waals surface area (Å²) < 4.78 is 22.9. The van der Waals surface area contributed by atoms with Crippen LogP contribution in [-0.2, 0) is 23.7 Å². The zero-order chi connectivity index (χ0) is 63.8. The molecule has 0 radical (unpaired) electrons. The van der Waals surface area contributed by atoms with Crippen LogP contribution >= 0.6 is 0 Å². The van der Waals surface area contributed by atoms with Gasteiger partial charge in [-0.25, -0.2) is 0 Å². The monoisotopic (exact) mass is 1250 g/mol. The first-order valence-corrected chi connectivity index (χ1v) is 37.6. The van der Waals surface area contributed by atoms with Crippen LogP contribution < -0.4 is 5.32 Å². The van der Waals surface area contributed by atoms with Gasteiger partial charge < -0.3 is 65.1 Å². The number of aliphatic hydroxyl groups excluding tert-OH is 8. The molecule has 0 spiro atoms. The van der Waals surface area contributed by atoms with Crippen LogP contribution in [-0.4, -0.2) is 140 Å². The Kier molecular flexibility index (Phi) is 55.6. The molecular formula is C74H141NO13. The minimum absolute atomic E-state index is 0.241. The molecule has 0 aliphatic carbocycles. The molecule has 2 heterocycles. The van der Waals surface area contributed by atoms with Crippen molar-refractivity contribution in [3.05, 3.63) is 24.3 Å². The fourth-order valence-corrected chi connectivity index (χ4v) is 12.7. The number of nitrogens with one attached hydrogen (secondary N) is 1. The number of carbonyl (C=O) groups is 1. The number of allylic oxidation sites excluding steroid dienone is 3. The molecular weight excluding hydrogens is 1110 g/mol. The van der Waals surface area contributed by atoms with E-state index in [9.17, 15) is 45.6 Å². The largest absolute Gasteiger partial charge is 0.394 e. The molecule has 0 bridgehead atoms.